The van der Waals surface area contributed by atoms with Crippen molar-refractivity contribution in [2.24, 2.45) is 0 Å². The highest BCUT2D eigenvalue weighted by atomic mass is 16.5. The molecule has 0 spiro atoms. The predicted octanol–water partition coefficient (Wildman–Crippen LogP) is 4.98. The summed E-state index contributed by atoms with van der Waals surface area (Å²) in [6, 6.07) is 0.445. The Kier molecular flexibility index (Phi) is 7.25. The van der Waals surface area contributed by atoms with Crippen molar-refractivity contribution in [2.75, 3.05) is 13.7 Å². The van der Waals surface area contributed by atoms with Crippen LogP contribution in [0.4, 0.5) is 0 Å². The number of rotatable bonds is 6. The molecule has 2 aliphatic carbocycles. The van der Waals surface area contributed by atoms with Crippen LogP contribution in [-0.2, 0) is 4.74 Å². The maximum Gasteiger partial charge on any atom is 0.0869 e. The molecule has 21 heavy (non-hydrogen) atoms. The van der Waals surface area contributed by atoms with Crippen molar-refractivity contribution < 1.29 is 4.74 Å². The highest BCUT2D eigenvalue weighted by Gasteiger charge is 2.41. The van der Waals surface area contributed by atoms with Crippen LogP contribution in [0, 0.1) is 0 Å². The first-order valence-corrected chi connectivity index (χ1v) is 9.30. The molecule has 2 heteroatoms. The average Bonchev–Trinajstić information content (AvgIpc) is 2.50. The second kappa shape index (κ2) is 8.95. The van der Waals surface area contributed by atoms with Gasteiger partial charge in [0.15, 0.2) is 0 Å². The van der Waals surface area contributed by atoms with Crippen molar-refractivity contribution in [3.8, 4) is 0 Å². The number of hydrogen-bond acceptors (Lipinski definition) is 2. The average molecular weight is 293 g/mol. The fraction of sp³-hybridized carbons (Fsp3) is 0.895. The van der Waals surface area contributed by atoms with Crippen LogP contribution in [0.1, 0.15) is 84.0 Å². The van der Waals surface area contributed by atoms with Gasteiger partial charge in [0.05, 0.1) is 11.6 Å². The Bertz CT molecular complexity index is 318. The van der Waals surface area contributed by atoms with Crippen LogP contribution in [0.2, 0.25) is 0 Å². The van der Waals surface area contributed by atoms with Gasteiger partial charge < -0.3 is 10.1 Å². The normalized spacial score (nSPS) is 24.8. The third-order valence-corrected chi connectivity index (χ3v) is 5.43. The van der Waals surface area contributed by atoms with E-state index in [0.717, 1.165) is 6.54 Å². The van der Waals surface area contributed by atoms with E-state index in [4.69, 9.17) is 4.74 Å². The number of methoxy groups -OCH3 is 1. The van der Waals surface area contributed by atoms with Crippen LogP contribution in [-0.4, -0.2) is 25.3 Å². The van der Waals surface area contributed by atoms with Crippen molar-refractivity contribution >= 4 is 0 Å². The molecule has 2 aliphatic rings. The second-order valence-electron chi connectivity index (χ2n) is 6.95. The SMILES string of the molecule is CCCNC(C1=CCCCCCC1)C1(OC)CCCCC1. The molecule has 1 N–H and O–H groups in total. The number of ether oxygens (including phenoxy) is 1. The van der Waals surface area contributed by atoms with E-state index in [1.807, 2.05) is 7.11 Å². The van der Waals surface area contributed by atoms with Crippen LogP contribution < -0.4 is 5.32 Å². The van der Waals surface area contributed by atoms with Crippen molar-refractivity contribution in [1.29, 1.82) is 0 Å². The first-order chi connectivity index (χ1) is 10.3. The molecule has 2 rings (SSSR count). The van der Waals surface area contributed by atoms with Crippen molar-refractivity contribution in [2.45, 2.75) is 95.6 Å². The summed E-state index contributed by atoms with van der Waals surface area (Å²) in [7, 11) is 1.94. The maximum atomic E-state index is 6.16. The van der Waals surface area contributed by atoms with Gasteiger partial charge in [-0.2, -0.15) is 0 Å². The molecule has 1 unspecified atom stereocenters. The van der Waals surface area contributed by atoms with Crippen LogP contribution >= 0.6 is 0 Å². The first kappa shape index (κ1) is 17.0. The summed E-state index contributed by atoms with van der Waals surface area (Å²) in [5.41, 5.74) is 1.70. The standard InChI is InChI=1S/C19H35NO/c1-3-16-20-18(17-12-8-5-4-6-9-13-17)19(21-2)14-10-7-11-15-19/h12,18,20H,3-11,13-16H2,1-2H3. The molecule has 0 amide bonds. The fourth-order valence-corrected chi connectivity index (χ4v) is 4.18. The fourth-order valence-electron chi connectivity index (χ4n) is 4.18. The van der Waals surface area contributed by atoms with Gasteiger partial charge in [-0.3, -0.25) is 0 Å². The summed E-state index contributed by atoms with van der Waals surface area (Å²) >= 11 is 0. The molecule has 1 fully saturated rings. The van der Waals surface area contributed by atoms with Crippen LogP contribution in [0.3, 0.4) is 0 Å². The van der Waals surface area contributed by atoms with Crippen molar-refractivity contribution in [3.63, 3.8) is 0 Å². The van der Waals surface area contributed by atoms with Gasteiger partial charge in [0, 0.05) is 7.11 Å². The Morgan fingerprint density at radius 1 is 1.10 bits per heavy atom. The summed E-state index contributed by atoms with van der Waals surface area (Å²) in [5, 5.41) is 3.86. The van der Waals surface area contributed by atoms with E-state index in [9.17, 15) is 0 Å². The third kappa shape index (κ3) is 4.56. The summed E-state index contributed by atoms with van der Waals surface area (Å²) < 4.78 is 6.16. The molecule has 122 valence electrons. The van der Waals surface area contributed by atoms with Gasteiger partial charge in [-0.15, -0.1) is 0 Å². The topological polar surface area (TPSA) is 21.3 Å². The largest absolute Gasteiger partial charge is 0.376 e. The van der Waals surface area contributed by atoms with Crippen LogP contribution in [0.25, 0.3) is 0 Å². The molecule has 0 bridgehead atoms. The quantitative estimate of drug-likeness (QED) is 0.697. The molecule has 0 aromatic carbocycles. The molecular weight excluding hydrogens is 258 g/mol. The predicted molar refractivity (Wildman–Crippen MR) is 90.7 cm³/mol. The second-order valence-corrected chi connectivity index (χ2v) is 6.95. The Labute approximate surface area is 131 Å². The minimum Gasteiger partial charge on any atom is -0.376 e. The molecule has 0 aliphatic heterocycles. The van der Waals surface area contributed by atoms with E-state index < -0.39 is 0 Å². The highest BCUT2D eigenvalue weighted by molar-refractivity contribution is 5.19. The van der Waals surface area contributed by atoms with E-state index in [1.54, 1.807) is 5.57 Å². The van der Waals surface area contributed by atoms with Crippen molar-refractivity contribution in [3.05, 3.63) is 11.6 Å². The Morgan fingerprint density at radius 2 is 1.81 bits per heavy atom. The Balaban J connectivity index is 2.18. The molecule has 0 radical (unpaired) electrons. The van der Waals surface area contributed by atoms with Crippen LogP contribution in [0.5, 0.6) is 0 Å². The zero-order valence-electron chi connectivity index (χ0n) is 14.3. The molecule has 0 saturated heterocycles. The van der Waals surface area contributed by atoms with Crippen LogP contribution in [0.15, 0.2) is 11.6 Å². The molecule has 0 heterocycles. The Morgan fingerprint density at radius 3 is 2.52 bits per heavy atom. The molecule has 0 aromatic rings. The van der Waals surface area contributed by atoms with Gasteiger partial charge in [0.2, 0.25) is 0 Å². The lowest BCUT2D eigenvalue weighted by molar-refractivity contribution is -0.0593. The lowest BCUT2D eigenvalue weighted by Gasteiger charge is -2.44. The van der Waals surface area contributed by atoms with Gasteiger partial charge in [-0.05, 0) is 51.5 Å². The Hall–Kier alpha value is -0.340. The maximum absolute atomic E-state index is 6.16. The molecule has 0 aromatic heterocycles. The van der Waals surface area contributed by atoms with Gasteiger partial charge in [-0.25, -0.2) is 0 Å². The summed E-state index contributed by atoms with van der Waals surface area (Å²) in [6.45, 7) is 3.37. The van der Waals surface area contributed by atoms with Gasteiger partial charge in [0.1, 0.15) is 0 Å². The molecule has 1 atom stereocenters. The summed E-state index contributed by atoms with van der Waals surface area (Å²) in [4.78, 5) is 0. The van der Waals surface area contributed by atoms with Crippen molar-refractivity contribution in [1.82, 2.24) is 5.32 Å². The number of nitrogens with one attached hydrogen (secondary N) is 1. The molecule has 2 nitrogen and oxygen atoms in total. The van der Waals surface area contributed by atoms with Gasteiger partial charge >= 0.3 is 0 Å². The van der Waals surface area contributed by atoms with E-state index in [-0.39, 0.29) is 5.60 Å². The zero-order chi connectivity index (χ0) is 15.0. The van der Waals surface area contributed by atoms with Gasteiger partial charge in [0.25, 0.3) is 0 Å². The first-order valence-electron chi connectivity index (χ1n) is 9.30. The van der Waals surface area contributed by atoms with Gasteiger partial charge in [-0.1, -0.05) is 50.7 Å². The highest BCUT2D eigenvalue weighted by Crippen LogP contribution is 2.38. The summed E-state index contributed by atoms with van der Waals surface area (Å²) in [6.07, 6.45) is 18.3. The minimum absolute atomic E-state index is 0.0540. The van der Waals surface area contributed by atoms with E-state index in [2.05, 4.69) is 18.3 Å². The summed E-state index contributed by atoms with van der Waals surface area (Å²) in [5.74, 6) is 0. The number of hydrogen-bond donors (Lipinski definition) is 1. The monoisotopic (exact) mass is 293 g/mol. The smallest absolute Gasteiger partial charge is 0.0869 e. The van der Waals surface area contributed by atoms with E-state index in [1.165, 1.54) is 77.0 Å². The lowest BCUT2D eigenvalue weighted by atomic mass is 9.75. The lowest BCUT2D eigenvalue weighted by Crippen LogP contribution is -2.54. The van der Waals surface area contributed by atoms with E-state index >= 15 is 0 Å². The zero-order valence-corrected chi connectivity index (χ0v) is 14.3. The van der Waals surface area contributed by atoms with E-state index in [0.29, 0.717) is 6.04 Å². The molecule has 1 saturated carbocycles. The number of allylic oxidation sites excluding steroid dienone is 1. The minimum atomic E-state index is 0.0540. The molecular formula is C19H35NO. The third-order valence-electron chi connectivity index (χ3n) is 5.43.